The highest BCUT2D eigenvalue weighted by Gasteiger charge is 2.53. The standard InChI is InChI=1S/C14H26N2O3/c1-9(17)11-10-6-7-14(5,8-15-11)16(10)12(18)19-13(2,3)4/h9-11,15,17H,6-8H2,1-5H3/t9-,10-,11+,14+/m0/s1. The Morgan fingerprint density at radius 3 is 2.68 bits per heavy atom. The monoisotopic (exact) mass is 270 g/mol. The summed E-state index contributed by atoms with van der Waals surface area (Å²) in [4.78, 5) is 14.3. The first-order valence-electron chi connectivity index (χ1n) is 7.08. The molecule has 110 valence electrons. The van der Waals surface area contributed by atoms with E-state index in [2.05, 4.69) is 12.2 Å². The number of fused-ring (bicyclic) bond motifs is 2. The molecule has 19 heavy (non-hydrogen) atoms. The molecule has 2 bridgehead atoms. The van der Waals surface area contributed by atoms with E-state index in [4.69, 9.17) is 4.74 Å². The molecule has 2 saturated heterocycles. The highest BCUT2D eigenvalue weighted by atomic mass is 16.6. The van der Waals surface area contributed by atoms with Crippen molar-refractivity contribution in [3.63, 3.8) is 0 Å². The number of carbonyl (C=O) groups is 1. The number of hydrogen-bond donors (Lipinski definition) is 2. The second kappa shape index (κ2) is 4.63. The quantitative estimate of drug-likeness (QED) is 0.758. The molecule has 0 aliphatic carbocycles. The normalized spacial score (nSPS) is 36.2. The Labute approximate surface area is 115 Å². The van der Waals surface area contributed by atoms with Gasteiger partial charge in [0.25, 0.3) is 0 Å². The molecule has 0 radical (unpaired) electrons. The zero-order valence-corrected chi connectivity index (χ0v) is 12.6. The van der Waals surface area contributed by atoms with E-state index < -0.39 is 11.7 Å². The number of nitrogens with zero attached hydrogens (tertiary/aromatic N) is 1. The van der Waals surface area contributed by atoms with E-state index in [1.54, 1.807) is 6.92 Å². The van der Waals surface area contributed by atoms with Crippen LogP contribution in [-0.2, 0) is 4.74 Å². The van der Waals surface area contributed by atoms with Crippen molar-refractivity contribution in [1.82, 2.24) is 10.2 Å². The van der Waals surface area contributed by atoms with Crippen LogP contribution in [0.4, 0.5) is 4.79 Å². The number of rotatable bonds is 1. The predicted octanol–water partition coefficient (Wildman–Crippen LogP) is 1.50. The van der Waals surface area contributed by atoms with Crippen LogP contribution in [-0.4, -0.2) is 52.0 Å². The minimum Gasteiger partial charge on any atom is -0.444 e. The highest BCUT2D eigenvalue weighted by Crippen LogP contribution is 2.39. The Bertz CT molecular complexity index is 364. The maximum absolute atomic E-state index is 12.4. The maximum atomic E-state index is 12.4. The molecule has 0 spiro atoms. The number of amides is 1. The molecule has 2 heterocycles. The minimum atomic E-state index is -0.488. The van der Waals surface area contributed by atoms with Gasteiger partial charge >= 0.3 is 6.09 Å². The molecule has 0 aromatic rings. The predicted molar refractivity (Wildman–Crippen MR) is 73.0 cm³/mol. The van der Waals surface area contributed by atoms with Crippen LogP contribution in [0.5, 0.6) is 0 Å². The third kappa shape index (κ3) is 2.72. The number of ether oxygens (including phenoxy) is 1. The molecular weight excluding hydrogens is 244 g/mol. The van der Waals surface area contributed by atoms with Crippen LogP contribution in [0.3, 0.4) is 0 Å². The van der Waals surface area contributed by atoms with Crippen molar-refractivity contribution >= 4 is 6.09 Å². The lowest BCUT2D eigenvalue weighted by atomic mass is 9.96. The van der Waals surface area contributed by atoms with Crippen LogP contribution in [0, 0.1) is 0 Å². The van der Waals surface area contributed by atoms with Crippen LogP contribution in [0.25, 0.3) is 0 Å². The molecule has 1 amide bonds. The van der Waals surface area contributed by atoms with E-state index in [-0.39, 0.29) is 23.7 Å². The topological polar surface area (TPSA) is 61.8 Å². The molecule has 2 aliphatic rings. The molecule has 0 aromatic carbocycles. The Kier molecular flexibility index (Phi) is 3.56. The van der Waals surface area contributed by atoms with Gasteiger partial charge in [0, 0.05) is 6.54 Å². The van der Waals surface area contributed by atoms with E-state index >= 15 is 0 Å². The van der Waals surface area contributed by atoms with Crippen LogP contribution in [0.2, 0.25) is 0 Å². The van der Waals surface area contributed by atoms with Gasteiger partial charge in [-0.05, 0) is 47.5 Å². The van der Waals surface area contributed by atoms with Gasteiger partial charge < -0.3 is 15.2 Å². The maximum Gasteiger partial charge on any atom is 0.411 e. The van der Waals surface area contributed by atoms with Gasteiger partial charge in [-0.2, -0.15) is 0 Å². The van der Waals surface area contributed by atoms with Gasteiger partial charge in [-0.3, -0.25) is 4.90 Å². The summed E-state index contributed by atoms with van der Waals surface area (Å²) in [5.41, 5.74) is -0.684. The van der Waals surface area contributed by atoms with Crippen molar-refractivity contribution in [2.45, 2.75) is 76.8 Å². The van der Waals surface area contributed by atoms with Gasteiger partial charge in [0.05, 0.1) is 23.7 Å². The lowest BCUT2D eigenvalue weighted by Gasteiger charge is -2.47. The summed E-state index contributed by atoms with van der Waals surface area (Å²) in [5, 5.41) is 13.2. The van der Waals surface area contributed by atoms with Crippen molar-refractivity contribution in [2.75, 3.05) is 6.54 Å². The van der Waals surface area contributed by atoms with Crippen LogP contribution >= 0.6 is 0 Å². The molecule has 4 atom stereocenters. The number of nitrogens with one attached hydrogen (secondary N) is 1. The molecule has 2 aliphatic heterocycles. The fraction of sp³-hybridized carbons (Fsp3) is 0.929. The van der Waals surface area contributed by atoms with Gasteiger partial charge in [-0.15, -0.1) is 0 Å². The van der Waals surface area contributed by atoms with Gasteiger partial charge in [0.2, 0.25) is 0 Å². The first-order valence-corrected chi connectivity index (χ1v) is 7.08. The van der Waals surface area contributed by atoms with Gasteiger partial charge in [-0.25, -0.2) is 4.79 Å². The number of aliphatic hydroxyl groups excluding tert-OH is 1. The summed E-state index contributed by atoms with van der Waals surface area (Å²) < 4.78 is 5.53. The lowest BCUT2D eigenvalue weighted by Crippen LogP contribution is -2.67. The van der Waals surface area contributed by atoms with E-state index in [1.807, 2.05) is 25.7 Å². The third-order valence-electron chi connectivity index (χ3n) is 4.13. The fourth-order valence-electron chi connectivity index (χ4n) is 3.26. The molecule has 0 saturated carbocycles. The van der Waals surface area contributed by atoms with Gasteiger partial charge in [0.1, 0.15) is 5.60 Å². The first-order chi connectivity index (χ1) is 8.64. The average molecular weight is 270 g/mol. The second-order valence-electron chi connectivity index (χ2n) is 7.10. The van der Waals surface area contributed by atoms with Crippen molar-refractivity contribution < 1.29 is 14.6 Å². The molecule has 2 fully saturated rings. The summed E-state index contributed by atoms with van der Waals surface area (Å²) in [6.45, 7) is 10.2. The summed E-state index contributed by atoms with van der Waals surface area (Å²) in [5.74, 6) is 0. The van der Waals surface area contributed by atoms with Crippen molar-refractivity contribution in [3.05, 3.63) is 0 Å². The number of carbonyl (C=O) groups excluding carboxylic acids is 1. The van der Waals surface area contributed by atoms with Crippen LogP contribution < -0.4 is 5.32 Å². The number of aliphatic hydroxyl groups is 1. The molecule has 5 nitrogen and oxygen atoms in total. The highest BCUT2D eigenvalue weighted by molar-refractivity contribution is 5.70. The Morgan fingerprint density at radius 2 is 2.16 bits per heavy atom. The van der Waals surface area contributed by atoms with Crippen LogP contribution in [0.1, 0.15) is 47.5 Å². The second-order valence-corrected chi connectivity index (χ2v) is 7.10. The van der Waals surface area contributed by atoms with E-state index in [0.29, 0.717) is 6.54 Å². The van der Waals surface area contributed by atoms with Gasteiger partial charge in [0.15, 0.2) is 0 Å². The van der Waals surface area contributed by atoms with Gasteiger partial charge in [-0.1, -0.05) is 0 Å². The summed E-state index contributed by atoms with van der Waals surface area (Å²) in [7, 11) is 0. The van der Waals surface area contributed by atoms with E-state index in [9.17, 15) is 9.90 Å². The zero-order chi connectivity index (χ0) is 14.4. The molecule has 0 unspecified atom stereocenters. The molecule has 0 aromatic heterocycles. The lowest BCUT2D eigenvalue weighted by molar-refractivity contribution is -0.0265. The molecule has 2 rings (SSSR count). The smallest absolute Gasteiger partial charge is 0.411 e. The molecular formula is C14H26N2O3. The summed E-state index contributed by atoms with van der Waals surface area (Å²) >= 11 is 0. The first kappa shape index (κ1) is 14.6. The van der Waals surface area contributed by atoms with E-state index in [0.717, 1.165) is 12.8 Å². The summed E-state index contributed by atoms with van der Waals surface area (Å²) in [6, 6.07) is -0.0447. The van der Waals surface area contributed by atoms with Crippen molar-refractivity contribution in [2.24, 2.45) is 0 Å². The Morgan fingerprint density at radius 1 is 1.53 bits per heavy atom. The Balaban J connectivity index is 2.20. The zero-order valence-electron chi connectivity index (χ0n) is 12.6. The number of hydrogen-bond acceptors (Lipinski definition) is 4. The average Bonchev–Trinajstić information content (AvgIpc) is 2.45. The SMILES string of the molecule is C[C@H](O)[C@H]1NC[C@@]2(C)CC[C@@H]1N2C(=O)OC(C)(C)C. The molecule has 5 heteroatoms. The van der Waals surface area contributed by atoms with Crippen LogP contribution in [0.15, 0.2) is 0 Å². The molecule has 2 N–H and O–H groups in total. The number of piperazine rings is 1. The third-order valence-corrected chi connectivity index (χ3v) is 4.13. The fourth-order valence-corrected chi connectivity index (χ4v) is 3.26. The summed E-state index contributed by atoms with van der Waals surface area (Å²) in [6.07, 6.45) is 1.13. The minimum absolute atomic E-state index is 0.0219. The van der Waals surface area contributed by atoms with E-state index in [1.165, 1.54) is 0 Å². The largest absolute Gasteiger partial charge is 0.444 e. The van der Waals surface area contributed by atoms with Crippen molar-refractivity contribution in [1.29, 1.82) is 0 Å². The Hall–Kier alpha value is -0.810. The van der Waals surface area contributed by atoms with Crippen molar-refractivity contribution in [3.8, 4) is 0 Å².